The molecule has 2 heterocycles. The second-order valence-electron chi connectivity index (χ2n) is 3.79. The molecule has 1 aromatic rings. The van der Waals surface area contributed by atoms with Crippen LogP contribution in [0.4, 0.5) is 5.82 Å². The highest BCUT2D eigenvalue weighted by atomic mass is 16.5. The van der Waals surface area contributed by atoms with E-state index in [0.717, 1.165) is 31.7 Å². The molecule has 2 rings (SSSR count). The summed E-state index contributed by atoms with van der Waals surface area (Å²) >= 11 is 0. The van der Waals surface area contributed by atoms with Crippen LogP contribution in [0.2, 0.25) is 0 Å². The number of piperidine rings is 1. The zero-order chi connectivity index (χ0) is 11.4. The predicted molar refractivity (Wildman–Crippen MR) is 60.5 cm³/mol. The molecule has 16 heavy (non-hydrogen) atoms. The third-order valence-corrected chi connectivity index (χ3v) is 2.62. The molecule has 1 aliphatic rings. The van der Waals surface area contributed by atoms with Gasteiger partial charge in [-0.25, -0.2) is 4.98 Å². The van der Waals surface area contributed by atoms with E-state index in [4.69, 9.17) is 17.0 Å². The van der Waals surface area contributed by atoms with Crippen molar-refractivity contribution in [3.8, 4) is 5.75 Å². The molecule has 1 saturated heterocycles. The molecular weight excluding hydrogens is 204 g/mol. The number of rotatable bonds is 2. The first-order chi connectivity index (χ1) is 7.78. The lowest BCUT2D eigenvalue weighted by Gasteiger charge is -2.25. The minimum atomic E-state index is 0.180. The molecule has 0 saturated carbocycles. The topological polar surface area (TPSA) is 55.7 Å². The van der Waals surface area contributed by atoms with Gasteiger partial charge in [0.05, 0.1) is 13.1 Å². The fraction of sp³-hybridized carbons (Fsp3) is 0.455. The van der Waals surface area contributed by atoms with E-state index in [1.165, 1.54) is 0 Å². The number of aromatic nitrogens is 1. The third kappa shape index (κ3) is 2.54. The van der Waals surface area contributed by atoms with Gasteiger partial charge in [0.15, 0.2) is 0 Å². The van der Waals surface area contributed by atoms with Crippen molar-refractivity contribution in [1.29, 1.82) is 0 Å². The summed E-state index contributed by atoms with van der Waals surface area (Å²) < 4.78 is 5.78. The lowest BCUT2D eigenvalue weighted by atomic mass is 10.1. The van der Waals surface area contributed by atoms with Crippen molar-refractivity contribution in [2.24, 2.45) is 0 Å². The van der Waals surface area contributed by atoms with E-state index >= 15 is 0 Å². The molecule has 84 valence electrons. The lowest BCUT2D eigenvalue weighted by molar-refractivity contribution is 0.122. The Kier molecular flexibility index (Phi) is 3.10. The zero-order valence-corrected chi connectivity index (χ0v) is 8.97. The SMILES string of the molecule is [C-]#[N+]N1CCC(Oc2ccnc(N)c2)CC1. The maximum atomic E-state index is 6.90. The standard InChI is InChI=1S/C11H14N4O/c1-13-15-6-3-9(4-7-15)16-10-2-5-14-11(12)8-10/h2,5,8-9H,3-4,6-7H2,(H2,12,14). The van der Waals surface area contributed by atoms with Gasteiger partial charge >= 0.3 is 0 Å². The van der Waals surface area contributed by atoms with Crippen molar-refractivity contribution in [1.82, 2.24) is 9.99 Å². The predicted octanol–water partition coefficient (Wildman–Crippen LogP) is 1.34. The first kappa shape index (κ1) is 10.6. The molecule has 0 aromatic carbocycles. The molecule has 0 spiro atoms. The third-order valence-electron chi connectivity index (χ3n) is 2.62. The number of nitrogen functional groups attached to an aromatic ring is 1. The van der Waals surface area contributed by atoms with Crippen molar-refractivity contribution in [2.45, 2.75) is 18.9 Å². The minimum absolute atomic E-state index is 0.180. The Balaban J connectivity index is 1.90. The first-order valence-corrected chi connectivity index (χ1v) is 5.28. The minimum Gasteiger partial charge on any atom is -0.490 e. The van der Waals surface area contributed by atoms with Crippen molar-refractivity contribution in [3.05, 3.63) is 29.9 Å². The van der Waals surface area contributed by atoms with Crippen LogP contribution < -0.4 is 10.5 Å². The van der Waals surface area contributed by atoms with Gasteiger partial charge in [-0.05, 0) is 6.07 Å². The molecule has 1 fully saturated rings. The van der Waals surface area contributed by atoms with Gasteiger partial charge in [0, 0.05) is 25.1 Å². The number of pyridine rings is 1. The molecule has 1 aromatic heterocycles. The summed E-state index contributed by atoms with van der Waals surface area (Å²) in [5.74, 6) is 1.23. The number of ether oxygens (including phenoxy) is 1. The van der Waals surface area contributed by atoms with Gasteiger partial charge in [0.2, 0.25) is 0 Å². The van der Waals surface area contributed by atoms with Crippen molar-refractivity contribution in [2.75, 3.05) is 18.8 Å². The Morgan fingerprint density at radius 3 is 2.88 bits per heavy atom. The first-order valence-electron chi connectivity index (χ1n) is 5.28. The molecule has 0 radical (unpaired) electrons. The summed E-state index contributed by atoms with van der Waals surface area (Å²) in [6.07, 6.45) is 3.58. The molecule has 0 unspecified atom stereocenters. The van der Waals surface area contributed by atoms with Crippen LogP contribution >= 0.6 is 0 Å². The molecule has 5 nitrogen and oxygen atoms in total. The van der Waals surface area contributed by atoms with Crippen LogP contribution in [0.5, 0.6) is 5.75 Å². The van der Waals surface area contributed by atoms with Crippen LogP contribution in [-0.4, -0.2) is 29.2 Å². The molecule has 0 bridgehead atoms. The van der Waals surface area contributed by atoms with Crippen molar-refractivity contribution in [3.63, 3.8) is 0 Å². The summed E-state index contributed by atoms with van der Waals surface area (Å²) in [6.45, 7) is 8.44. The summed E-state index contributed by atoms with van der Waals surface area (Å²) in [5, 5.41) is 1.74. The normalized spacial score (nSPS) is 16.8. The second kappa shape index (κ2) is 4.71. The van der Waals surface area contributed by atoms with Gasteiger partial charge in [-0.2, -0.15) is 11.5 Å². The second-order valence-corrected chi connectivity index (χ2v) is 3.79. The molecule has 0 aliphatic carbocycles. The van der Waals surface area contributed by atoms with E-state index in [0.29, 0.717) is 5.82 Å². The summed E-state index contributed by atoms with van der Waals surface area (Å²) in [4.78, 5) is 7.31. The summed E-state index contributed by atoms with van der Waals surface area (Å²) in [6, 6.07) is 3.53. The Bertz CT molecular complexity index is 393. The number of hydrogen-bond donors (Lipinski definition) is 1. The van der Waals surface area contributed by atoms with Gasteiger partial charge in [0.25, 0.3) is 0 Å². The number of nitrogens with two attached hydrogens (primary N) is 1. The van der Waals surface area contributed by atoms with Gasteiger partial charge in [0.1, 0.15) is 17.7 Å². The largest absolute Gasteiger partial charge is 0.490 e. The van der Waals surface area contributed by atoms with E-state index < -0.39 is 0 Å². The fourth-order valence-electron chi connectivity index (χ4n) is 1.75. The molecular formula is C11H14N4O. The van der Waals surface area contributed by atoms with Crippen LogP contribution in [-0.2, 0) is 0 Å². The number of anilines is 1. The van der Waals surface area contributed by atoms with E-state index in [2.05, 4.69) is 9.94 Å². The Morgan fingerprint density at radius 1 is 1.50 bits per heavy atom. The van der Waals surface area contributed by atoms with Crippen LogP contribution in [0.15, 0.2) is 18.3 Å². The maximum absolute atomic E-state index is 6.90. The van der Waals surface area contributed by atoms with E-state index in [1.54, 1.807) is 23.3 Å². The van der Waals surface area contributed by atoms with Gasteiger partial charge < -0.3 is 10.5 Å². The number of nitrogens with zero attached hydrogens (tertiary/aromatic N) is 3. The highest BCUT2D eigenvalue weighted by molar-refractivity contribution is 5.35. The maximum Gasteiger partial charge on any atom is 0.126 e. The van der Waals surface area contributed by atoms with Crippen molar-refractivity contribution < 1.29 is 4.74 Å². The Labute approximate surface area is 94.6 Å². The summed E-state index contributed by atoms with van der Waals surface area (Å²) in [5.41, 5.74) is 5.57. The quantitative estimate of drug-likeness (QED) is 0.761. The van der Waals surface area contributed by atoms with Gasteiger partial charge in [-0.3, -0.25) is 0 Å². The Hall–Kier alpha value is -1.96. The summed E-state index contributed by atoms with van der Waals surface area (Å²) in [7, 11) is 0. The smallest absolute Gasteiger partial charge is 0.126 e. The van der Waals surface area contributed by atoms with E-state index in [1.807, 2.05) is 0 Å². The van der Waals surface area contributed by atoms with E-state index in [-0.39, 0.29) is 6.10 Å². The van der Waals surface area contributed by atoms with Crippen LogP contribution in [0.25, 0.3) is 4.95 Å². The van der Waals surface area contributed by atoms with Gasteiger partial charge in [-0.15, -0.1) is 5.01 Å². The van der Waals surface area contributed by atoms with Crippen molar-refractivity contribution >= 4 is 5.82 Å². The fourth-order valence-corrected chi connectivity index (χ4v) is 1.75. The monoisotopic (exact) mass is 218 g/mol. The Morgan fingerprint density at radius 2 is 2.25 bits per heavy atom. The average molecular weight is 218 g/mol. The van der Waals surface area contributed by atoms with Crippen LogP contribution in [0.3, 0.4) is 0 Å². The number of hydrogen-bond acceptors (Lipinski definition) is 4. The lowest BCUT2D eigenvalue weighted by Crippen LogP contribution is -2.34. The highest BCUT2D eigenvalue weighted by Crippen LogP contribution is 2.19. The van der Waals surface area contributed by atoms with E-state index in [9.17, 15) is 0 Å². The molecule has 5 heteroatoms. The average Bonchev–Trinajstić information content (AvgIpc) is 2.30. The zero-order valence-electron chi connectivity index (χ0n) is 8.97. The molecule has 1 aliphatic heterocycles. The molecule has 0 amide bonds. The van der Waals surface area contributed by atoms with Crippen LogP contribution in [0, 0.1) is 6.57 Å². The molecule has 0 atom stereocenters. The van der Waals surface area contributed by atoms with Gasteiger partial charge in [-0.1, -0.05) is 0 Å². The molecule has 2 N–H and O–H groups in total. The highest BCUT2D eigenvalue weighted by Gasteiger charge is 2.22. The van der Waals surface area contributed by atoms with Crippen LogP contribution in [0.1, 0.15) is 12.8 Å².